The number of ether oxygens (including phenoxy) is 9. The van der Waals surface area contributed by atoms with Gasteiger partial charge in [-0.15, -0.1) is 0 Å². The fourth-order valence-electron chi connectivity index (χ4n) is 12.7. The highest BCUT2D eigenvalue weighted by atomic mass is 28.4. The Hall–Kier alpha value is -4.99. The third kappa shape index (κ3) is 15.4. The molecule has 0 saturated carbocycles. The lowest BCUT2D eigenvalue weighted by Crippen LogP contribution is -2.67. The Bertz CT molecular complexity index is 2730. The van der Waals surface area contributed by atoms with Crippen molar-refractivity contribution in [3.8, 4) is 11.5 Å². The van der Waals surface area contributed by atoms with Crippen LogP contribution in [0.15, 0.2) is 152 Å². The highest BCUT2D eigenvalue weighted by Crippen LogP contribution is 2.51. The second kappa shape index (κ2) is 26.7. The van der Waals surface area contributed by atoms with E-state index in [0.29, 0.717) is 52.3 Å². The topological polar surface area (TPSA) is 113 Å². The number of methoxy groups -OCH3 is 2. The smallest absolute Gasteiger partial charge is 0.261 e. The van der Waals surface area contributed by atoms with E-state index in [2.05, 4.69) is 114 Å². The molecule has 12 heteroatoms. The summed E-state index contributed by atoms with van der Waals surface area (Å²) < 4.78 is 65.5. The van der Waals surface area contributed by atoms with Gasteiger partial charge in [0.15, 0.2) is 11.6 Å². The summed E-state index contributed by atoms with van der Waals surface area (Å²) in [7, 11) is 0.638. The van der Waals surface area contributed by atoms with Crippen molar-refractivity contribution >= 4 is 24.5 Å². The van der Waals surface area contributed by atoms with Gasteiger partial charge in [-0.1, -0.05) is 149 Å². The van der Waals surface area contributed by atoms with Crippen LogP contribution in [0.4, 0.5) is 0 Å². The Morgan fingerprint density at radius 3 is 1.90 bits per heavy atom. The molecule has 11 nitrogen and oxygen atoms in total. The van der Waals surface area contributed by atoms with Gasteiger partial charge in [-0.2, -0.15) is 0 Å². The molecule has 0 N–H and O–H groups in total. The second-order valence-corrected chi connectivity index (χ2v) is 29.5. The molecule has 81 heavy (non-hydrogen) atoms. The lowest BCUT2D eigenvalue weighted by Gasteiger charge is -2.45. The van der Waals surface area contributed by atoms with Gasteiger partial charge in [0.2, 0.25) is 0 Å². The summed E-state index contributed by atoms with van der Waals surface area (Å²) in [6.07, 6.45) is 11.3. The van der Waals surface area contributed by atoms with Crippen molar-refractivity contribution in [2.75, 3.05) is 27.4 Å². The van der Waals surface area contributed by atoms with Crippen molar-refractivity contribution in [2.45, 2.75) is 197 Å². The van der Waals surface area contributed by atoms with E-state index in [-0.39, 0.29) is 53.7 Å². The van der Waals surface area contributed by atoms with Crippen molar-refractivity contribution in [3.63, 3.8) is 0 Å². The zero-order chi connectivity index (χ0) is 57.1. The number of hydrogen-bond acceptors (Lipinski definition) is 11. The van der Waals surface area contributed by atoms with E-state index in [9.17, 15) is 4.79 Å². The molecule has 4 aliphatic rings. The average Bonchev–Trinajstić information content (AvgIpc) is 3.32. The summed E-state index contributed by atoms with van der Waals surface area (Å²) in [6.45, 7) is 18.0. The Kier molecular flexibility index (Phi) is 20.0. The van der Waals surface area contributed by atoms with Crippen molar-refractivity contribution < 1.29 is 51.9 Å². The molecule has 0 amide bonds. The van der Waals surface area contributed by atoms with E-state index >= 15 is 0 Å². The van der Waals surface area contributed by atoms with Crippen LogP contribution in [0.5, 0.6) is 11.5 Å². The summed E-state index contributed by atoms with van der Waals surface area (Å²) in [5, 5.41) is 2.45. The van der Waals surface area contributed by atoms with Gasteiger partial charge in [-0.05, 0) is 135 Å². The summed E-state index contributed by atoms with van der Waals surface area (Å²) in [5.74, 6) is 1.10. The zero-order valence-electron chi connectivity index (χ0n) is 49.7. The first-order valence-corrected chi connectivity index (χ1v) is 31.6. The van der Waals surface area contributed by atoms with Gasteiger partial charge in [0, 0.05) is 31.8 Å². The van der Waals surface area contributed by atoms with E-state index in [4.69, 9.17) is 47.1 Å². The van der Waals surface area contributed by atoms with E-state index in [1.54, 1.807) is 20.3 Å². The summed E-state index contributed by atoms with van der Waals surface area (Å²) in [4.78, 5) is 13.9. The highest BCUT2D eigenvalue weighted by molar-refractivity contribution is 6.99. The molecular formula is C69H90O11Si. The van der Waals surface area contributed by atoms with Crippen LogP contribution in [0.2, 0.25) is 5.04 Å². The lowest BCUT2D eigenvalue weighted by molar-refractivity contribution is -0.280. The third-order valence-electron chi connectivity index (χ3n) is 17.5. The lowest BCUT2D eigenvalue weighted by atomic mass is 9.91. The number of hydrogen-bond donors (Lipinski definition) is 0. The van der Waals surface area contributed by atoms with Gasteiger partial charge >= 0.3 is 0 Å². The van der Waals surface area contributed by atoms with Crippen LogP contribution in [0.25, 0.3) is 0 Å². The number of benzene rings is 5. The summed E-state index contributed by atoms with van der Waals surface area (Å²) >= 11 is 0. The van der Waals surface area contributed by atoms with Crippen LogP contribution in [-0.4, -0.2) is 94.6 Å². The molecule has 0 bridgehead atoms. The molecule has 1 spiro atoms. The van der Waals surface area contributed by atoms with Crippen molar-refractivity contribution in [1.29, 1.82) is 0 Å². The summed E-state index contributed by atoms with van der Waals surface area (Å²) in [6, 6.07) is 47.9. The van der Waals surface area contributed by atoms with Gasteiger partial charge in [-0.25, -0.2) is 0 Å². The van der Waals surface area contributed by atoms with Crippen LogP contribution in [0.1, 0.15) is 136 Å². The van der Waals surface area contributed by atoms with Gasteiger partial charge in [-0.3, -0.25) is 4.79 Å². The molecule has 4 fully saturated rings. The minimum Gasteiger partial charge on any atom is -0.497 e. The van der Waals surface area contributed by atoms with E-state index in [1.807, 2.05) is 79.7 Å². The van der Waals surface area contributed by atoms with Gasteiger partial charge in [0.1, 0.15) is 23.2 Å². The van der Waals surface area contributed by atoms with Crippen molar-refractivity contribution in [3.05, 3.63) is 168 Å². The number of carbonyl (C=O) groups is 1. The molecule has 436 valence electrons. The first-order chi connectivity index (χ1) is 38.9. The van der Waals surface area contributed by atoms with Crippen LogP contribution in [0.3, 0.4) is 0 Å². The molecule has 5 aromatic carbocycles. The number of epoxide rings is 1. The van der Waals surface area contributed by atoms with Crippen LogP contribution in [-0.2, 0) is 62.2 Å². The molecule has 4 aliphatic heterocycles. The molecule has 9 rings (SSSR count). The fraction of sp³-hybridized carbons (Fsp3) is 0.522. The maximum Gasteiger partial charge on any atom is 0.261 e. The molecule has 0 radical (unpaired) electrons. The maximum absolute atomic E-state index is 13.9. The molecule has 0 aliphatic carbocycles. The third-order valence-corrected chi connectivity index (χ3v) is 22.5. The predicted molar refractivity (Wildman–Crippen MR) is 321 cm³/mol. The Balaban J connectivity index is 0.815. The first-order valence-electron chi connectivity index (χ1n) is 29.7. The minimum absolute atomic E-state index is 0.000101. The molecular weight excluding hydrogens is 1030 g/mol. The van der Waals surface area contributed by atoms with Crippen molar-refractivity contribution in [1.82, 2.24) is 0 Å². The van der Waals surface area contributed by atoms with E-state index < -0.39 is 30.9 Å². The zero-order valence-corrected chi connectivity index (χ0v) is 50.7. The molecule has 5 aromatic rings. The predicted octanol–water partition coefficient (Wildman–Crippen LogP) is 13.2. The Morgan fingerprint density at radius 2 is 1.28 bits per heavy atom. The minimum atomic E-state index is -2.70. The second-order valence-electron chi connectivity index (χ2n) is 25.2. The Morgan fingerprint density at radius 1 is 0.679 bits per heavy atom. The number of ketones is 1. The number of allylic oxidation sites excluding steroid dienone is 1. The largest absolute Gasteiger partial charge is 0.497 e. The SMILES string of the molecule is COc1ccc(CO[C@H](CC[C@@](C)(C/C=C/C(=O)C[C@]2(C)O[C@H]2[C@@H]2CC[C@]3(CCC[C@@H]([C@@H](C)CO[Si](c4ccccc4)(c4ccccc4)C(C)(C)C)O3)O2)OCc2ccc(OC)cc2)[C@H]2CC[C@](C)(COCc3ccccc3)O2)cc1. The van der Waals surface area contributed by atoms with Crippen LogP contribution in [0, 0.1) is 5.92 Å². The van der Waals surface area contributed by atoms with Gasteiger partial charge in [0.25, 0.3) is 8.32 Å². The Labute approximate surface area is 484 Å². The van der Waals surface area contributed by atoms with E-state index in [0.717, 1.165) is 73.1 Å². The standard InChI is InChI=1S/C69H90O11Si/c1-51(46-76-81(65(2,3)4,58-24-15-11-16-25-58)59-26-17-12-18-27-59)60-28-20-41-69(78-60)44-39-63(79-69)64-68(7,80-64)45-55(70)23-19-40-66(5,75-49-54-31-35-57(72-9)36-32-54)42-37-61(74-48-53-29-33-56(71-8)34-30-53)62-38-43-67(6,77-62)50-73-47-52-21-13-10-14-22-52/h10-19,21-27,29-36,51,60-64H,20,28,37-50H2,1-9H3/b23-19+/t51-,60-,61+,62+,63-,64-,66+,67+,68-,69-/m0/s1. The van der Waals surface area contributed by atoms with Gasteiger partial charge < -0.3 is 47.1 Å². The van der Waals surface area contributed by atoms with E-state index in [1.165, 1.54) is 10.4 Å². The molecule has 0 unspecified atom stereocenters. The summed E-state index contributed by atoms with van der Waals surface area (Å²) in [5.41, 5.74) is 1.52. The van der Waals surface area contributed by atoms with Crippen LogP contribution >= 0.6 is 0 Å². The quantitative estimate of drug-likeness (QED) is 0.0271. The maximum atomic E-state index is 13.9. The monoisotopic (exact) mass is 1120 g/mol. The van der Waals surface area contributed by atoms with Crippen molar-refractivity contribution in [2.24, 2.45) is 5.92 Å². The first kappa shape index (κ1) is 60.6. The fourth-order valence-corrected chi connectivity index (χ4v) is 17.3. The molecule has 4 saturated heterocycles. The molecule has 4 heterocycles. The average molecular weight is 1120 g/mol. The van der Waals surface area contributed by atoms with Crippen LogP contribution < -0.4 is 19.8 Å². The van der Waals surface area contributed by atoms with Gasteiger partial charge in [0.05, 0.1) is 76.3 Å². The number of rotatable bonds is 28. The highest BCUT2D eigenvalue weighted by Gasteiger charge is 2.61. The normalized spacial score (nSPS) is 26.3. The molecule has 0 aromatic heterocycles. The molecule has 10 atom stereocenters. The number of carbonyl (C=O) groups excluding carboxylic acids is 1.